The summed E-state index contributed by atoms with van der Waals surface area (Å²) in [7, 11) is 0. The summed E-state index contributed by atoms with van der Waals surface area (Å²) in [5.74, 6) is 2.74. The average molecular weight is 429 g/mol. The molecule has 0 amide bonds. The van der Waals surface area contributed by atoms with Crippen LogP contribution in [0.5, 0.6) is 0 Å². The number of aromatic nitrogens is 2. The molecule has 30 heavy (non-hydrogen) atoms. The van der Waals surface area contributed by atoms with Crippen molar-refractivity contribution in [3.8, 4) is 0 Å². The van der Waals surface area contributed by atoms with E-state index in [1.165, 1.54) is 49.0 Å². The fraction of sp³-hybridized carbons (Fsp3) is 0.750. The highest BCUT2D eigenvalue weighted by molar-refractivity contribution is 7.18. The van der Waals surface area contributed by atoms with Crippen LogP contribution < -0.4 is 4.90 Å². The Morgan fingerprint density at radius 3 is 2.73 bits per heavy atom. The summed E-state index contributed by atoms with van der Waals surface area (Å²) < 4.78 is 5.65. The molecule has 1 spiro atoms. The van der Waals surface area contributed by atoms with Crippen molar-refractivity contribution in [2.75, 3.05) is 44.3 Å². The smallest absolute Gasteiger partial charge is 0.140 e. The maximum atomic E-state index is 5.65. The first kappa shape index (κ1) is 20.7. The van der Waals surface area contributed by atoms with E-state index in [1.54, 1.807) is 6.33 Å². The molecule has 0 unspecified atom stereocenters. The molecule has 2 aromatic heterocycles. The van der Waals surface area contributed by atoms with Crippen LogP contribution in [0.15, 0.2) is 12.4 Å². The van der Waals surface area contributed by atoms with Crippen molar-refractivity contribution in [1.82, 2.24) is 14.9 Å². The van der Waals surface area contributed by atoms with E-state index in [0.717, 1.165) is 61.3 Å². The molecule has 5 heterocycles. The number of ether oxygens (including phenoxy) is 1. The Labute approximate surface area is 184 Å². The lowest BCUT2D eigenvalue weighted by Gasteiger charge is -2.54. The lowest BCUT2D eigenvalue weighted by molar-refractivity contribution is -0.0615. The first-order chi connectivity index (χ1) is 14.6. The van der Waals surface area contributed by atoms with Gasteiger partial charge in [0.05, 0.1) is 5.39 Å². The molecule has 3 saturated heterocycles. The van der Waals surface area contributed by atoms with Gasteiger partial charge in [-0.15, -0.1) is 11.3 Å². The molecule has 3 aliphatic rings. The number of nitrogens with zero attached hydrogens (tertiary/aromatic N) is 4. The summed E-state index contributed by atoms with van der Waals surface area (Å²) in [6.07, 6.45) is 7.93. The molecule has 164 valence electrons. The average Bonchev–Trinajstić information content (AvgIpc) is 3.36. The molecule has 5 rings (SSSR count). The van der Waals surface area contributed by atoms with Crippen LogP contribution in [0.3, 0.4) is 0 Å². The van der Waals surface area contributed by atoms with Gasteiger partial charge in [-0.05, 0) is 50.0 Å². The monoisotopic (exact) mass is 428 g/mol. The van der Waals surface area contributed by atoms with Crippen LogP contribution in [0.1, 0.15) is 51.3 Å². The third-order valence-electron chi connectivity index (χ3n) is 7.51. The van der Waals surface area contributed by atoms with Gasteiger partial charge in [-0.1, -0.05) is 20.8 Å². The van der Waals surface area contributed by atoms with E-state index in [2.05, 4.69) is 41.6 Å². The second kappa shape index (κ2) is 8.36. The minimum absolute atomic E-state index is 0.460. The fourth-order valence-corrected chi connectivity index (χ4v) is 6.90. The van der Waals surface area contributed by atoms with Gasteiger partial charge in [-0.3, -0.25) is 4.90 Å². The molecule has 6 heteroatoms. The summed E-state index contributed by atoms with van der Waals surface area (Å²) in [6, 6.07) is 3.06. The highest BCUT2D eigenvalue weighted by atomic mass is 32.1. The number of hydrogen-bond donors (Lipinski definition) is 0. The van der Waals surface area contributed by atoms with Crippen molar-refractivity contribution in [3.05, 3.63) is 17.3 Å². The number of fused-ring (bicyclic) bond motifs is 1. The molecule has 0 bridgehead atoms. The molecular weight excluding hydrogens is 392 g/mol. The second-order valence-electron chi connectivity index (χ2n) is 10.2. The molecule has 0 aromatic carbocycles. The number of thiophene rings is 1. The zero-order valence-corrected chi connectivity index (χ0v) is 19.6. The van der Waals surface area contributed by atoms with E-state index in [-0.39, 0.29) is 0 Å². The minimum Gasteiger partial charge on any atom is -0.381 e. The fourth-order valence-electron chi connectivity index (χ4n) is 5.97. The van der Waals surface area contributed by atoms with Gasteiger partial charge in [0, 0.05) is 55.7 Å². The molecule has 3 aliphatic heterocycles. The summed E-state index contributed by atoms with van der Waals surface area (Å²) in [5.41, 5.74) is 0.460. The van der Waals surface area contributed by atoms with Crippen LogP contribution in [0.2, 0.25) is 0 Å². The van der Waals surface area contributed by atoms with Gasteiger partial charge in [0.25, 0.3) is 0 Å². The quantitative estimate of drug-likeness (QED) is 0.672. The summed E-state index contributed by atoms with van der Waals surface area (Å²) in [4.78, 5) is 17.2. The maximum Gasteiger partial charge on any atom is 0.140 e. The van der Waals surface area contributed by atoms with E-state index < -0.39 is 0 Å². The second-order valence-corrected chi connectivity index (χ2v) is 11.3. The standard InChI is InChI=1S/C24H36N4OS/c1-4-19-12-20-22(25-16-26-23(20)30-19)27-8-7-24(13-27)14-28(15-24)21(11-17(2)3)18-5-9-29-10-6-18/h12,16-18,21H,4-11,13-15H2,1-3H3/t21-/m1/s1. The molecular formula is C24H36N4OS. The van der Waals surface area contributed by atoms with E-state index in [4.69, 9.17) is 9.72 Å². The molecule has 2 aromatic rings. The SMILES string of the molecule is CCc1cc2c(N3CCC4(C3)CN([C@H](CC(C)C)C3CCOCC3)C4)ncnc2s1. The Balaban J connectivity index is 1.28. The van der Waals surface area contributed by atoms with Gasteiger partial charge >= 0.3 is 0 Å². The predicted molar refractivity (Wildman–Crippen MR) is 124 cm³/mol. The first-order valence-electron chi connectivity index (χ1n) is 11.9. The number of anilines is 1. The Morgan fingerprint density at radius 1 is 1.20 bits per heavy atom. The normalized spacial score (nSPS) is 23.5. The molecule has 0 N–H and O–H groups in total. The van der Waals surface area contributed by atoms with Gasteiger partial charge in [-0.25, -0.2) is 9.97 Å². The number of rotatable bonds is 6. The van der Waals surface area contributed by atoms with Crippen LogP contribution in [-0.2, 0) is 11.2 Å². The summed E-state index contributed by atoms with van der Waals surface area (Å²) >= 11 is 1.82. The van der Waals surface area contributed by atoms with Crippen LogP contribution in [-0.4, -0.2) is 60.3 Å². The lowest BCUT2D eigenvalue weighted by Crippen LogP contribution is -2.62. The van der Waals surface area contributed by atoms with Crippen LogP contribution in [0.4, 0.5) is 5.82 Å². The zero-order chi connectivity index (χ0) is 20.7. The van der Waals surface area contributed by atoms with Gasteiger partial charge in [-0.2, -0.15) is 0 Å². The van der Waals surface area contributed by atoms with Crippen molar-refractivity contribution < 1.29 is 4.74 Å². The molecule has 0 radical (unpaired) electrons. The molecule has 0 aliphatic carbocycles. The topological polar surface area (TPSA) is 41.5 Å². The molecule has 5 nitrogen and oxygen atoms in total. The Hall–Kier alpha value is -1.24. The summed E-state index contributed by atoms with van der Waals surface area (Å²) in [5, 5.41) is 1.26. The van der Waals surface area contributed by atoms with Gasteiger partial charge in [0.1, 0.15) is 17.0 Å². The van der Waals surface area contributed by atoms with Crippen molar-refractivity contribution >= 4 is 27.4 Å². The number of likely N-dealkylation sites (tertiary alicyclic amines) is 1. The zero-order valence-electron chi connectivity index (χ0n) is 18.8. The Bertz CT molecular complexity index is 869. The van der Waals surface area contributed by atoms with Gasteiger partial charge < -0.3 is 9.64 Å². The first-order valence-corrected chi connectivity index (χ1v) is 12.7. The van der Waals surface area contributed by atoms with E-state index in [1.807, 2.05) is 11.3 Å². The van der Waals surface area contributed by atoms with Crippen molar-refractivity contribution in [3.63, 3.8) is 0 Å². The van der Waals surface area contributed by atoms with Crippen molar-refractivity contribution in [1.29, 1.82) is 0 Å². The largest absolute Gasteiger partial charge is 0.381 e. The summed E-state index contributed by atoms with van der Waals surface area (Å²) in [6.45, 7) is 13.7. The van der Waals surface area contributed by atoms with E-state index >= 15 is 0 Å². The maximum absolute atomic E-state index is 5.65. The molecule has 0 saturated carbocycles. The Morgan fingerprint density at radius 2 is 2.00 bits per heavy atom. The highest BCUT2D eigenvalue weighted by Gasteiger charge is 2.50. The van der Waals surface area contributed by atoms with Crippen molar-refractivity contribution in [2.45, 2.75) is 58.9 Å². The minimum atomic E-state index is 0.460. The van der Waals surface area contributed by atoms with E-state index in [9.17, 15) is 0 Å². The van der Waals surface area contributed by atoms with Gasteiger partial charge in [0.15, 0.2) is 0 Å². The van der Waals surface area contributed by atoms with Crippen LogP contribution in [0, 0.1) is 17.3 Å². The number of aryl methyl sites for hydroxylation is 1. The predicted octanol–water partition coefficient (Wildman–Crippen LogP) is 4.61. The third kappa shape index (κ3) is 3.87. The molecule has 3 fully saturated rings. The number of hydrogen-bond acceptors (Lipinski definition) is 6. The Kier molecular flexibility index (Phi) is 5.76. The van der Waals surface area contributed by atoms with Gasteiger partial charge in [0.2, 0.25) is 0 Å². The highest BCUT2D eigenvalue weighted by Crippen LogP contribution is 2.45. The van der Waals surface area contributed by atoms with Crippen LogP contribution in [0.25, 0.3) is 10.2 Å². The third-order valence-corrected chi connectivity index (χ3v) is 8.70. The van der Waals surface area contributed by atoms with Crippen LogP contribution >= 0.6 is 11.3 Å². The van der Waals surface area contributed by atoms with E-state index in [0.29, 0.717) is 5.41 Å². The lowest BCUT2D eigenvalue weighted by atomic mass is 9.74. The molecule has 1 atom stereocenters. The van der Waals surface area contributed by atoms with Crippen molar-refractivity contribution in [2.24, 2.45) is 17.3 Å².